The van der Waals surface area contributed by atoms with Crippen LogP contribution in [0.25, 0.3) is 0 Å². The second-order valence-corrected chi connectivity index (χ2v) is 6.80. The van der Waals surface area contributed by atoms with Gasteiger partial charge < -0.3 is 25.2 Å². The number of H-pyrrole nitrogens is 1. The predicted octanol–water partition coefficient (Wildman–Crippen LogP) is -0.197. The fourth-order valence-electron chi connectivity index (χ4n) is 1.27. The molecule has 0 aliphatic carbocycles. The van der Waals surface area contributed by atoms with Gasteiger partial charge in [-0.2, -0.15) is 0 Å². The number of aromatic nitrogens is 2. The summed E-state index contributed by atoms with van der Waals surface area (Å²) in [6, 6.07) is 0. The highest BCUT2D eigenvalue weighted by atomic mass is 31.2. The maximum atomic E-state index is 11.5. The van der Waals surface area contributed by atoms with E-state index in [1.165, 1.54) is 12.4 Å². The number of rotatable bonds is 9. The first-order valence-electron chi connectivity index (χ1n) is 6.39. The summed E-state index contributed by atoms with van der Waals surface area (Å²) in [5.74, 6) is -0.247. The molecule has 0 spiro atoms. The third kappa shape index (κ3) is 8.88. The van der Waals surface area contributed by atoms with Gasteiger partial charge in [0.15, 0.2) is 5.82 Å². The Morgan fingerprint density at radius 1 is 1.41 bits per heavy atom. The number of hydrogen-bond acceptors (Lipinski definition) is 6. The highest BCUT2D eigenvalue weighted by Gasteiger charge is 2.22. The Morgan fingerprint density at radius 3 is 2.59 bits per heavy atom. The maximum absolute atomic E-state index is 11.5. The summed E-state index contributed by atoms with van der Waals surface area (Å²) in [6.07, 6.45) is 2.98. The largest absolute Gasteiger partial charge is 0.870 e. The van der Waals surface area contributed by atoms with E-state index >= 15 is 0 Å². The SMILES string of the molecule is C[N+](C)(C)CCOP(=O)(O)OCCNC(=O)c1ncc[nH]1.[OH-]. The smallest absolute Gasteiger partial charge is 0.472 e. The first-order valence-corrected chi connectivity index (χ1v) is 7.89. The molecule has 1 aromatic rings. The fourth-order valence-corrected chi connectivity index (χ4v) is 1.97. The third-order valence-electron chi connectivity index (χ3n) is 2.37. The normalized spacial score (nSPS) is 14.0. The number of nitrogens with one attached hydrogen (secondary N) is 2. The molecule has 1 amide bonds. The average molecular weight is 338 g/mol. The van der Waals surface area contributed by atoms with Crippen LogP contribution in [-0.2, 0) is 13.6 Å². The molecule has 0 aromatic carbocycles. The Kier molecular flexibility index (Phi) is 8.46. The Bertz CT molecular complexity index is 487. The second-order valence-electron chi connectivity index (χ2n) is 5.34. The lowest BCUT2D eigenvalue weighted by atomic mass is 10.5. The van der Waals surface area contributed by atoms with Crippen molar-refractivity contribution >= 4 is 13.7 Å². The summed E-state index contributed by atoms with van der Waals surface area (Å²) < 4.78 is 21.7. The van der Waals surface area contributed by atoms with Crippen molar-refractivity contribution in [3.63, 3.8) is 0 Å². The minimum atomic E-state index is -4.08. The van der Waals surface area contributed by atoms with E-state index < -0.39 is 13.7 Å². The maximum Gasteiger partial charge on any atom is 0.472 e. The monoisotopic (exact) mass is 338 g/mol. The van der Waals surface area contributed by atoms with E-state index in [1.807, 2.05) is 21.1 Å². The lowest BCUT2D eigenvalue weighted by Gasteiger charge is -2.24. The minimum absolute atomic E-state index is 0. The molecule has 0 fully saturated rings. The van der Waals surface area contributed by atoms with Gasteiger partial charge in [0.2, 0.25) is 0 Å². The topological polar surface area (TPSA) is 144 Å². The standard InChI is InChI=1S/C11H21N4O5P.H2O/c1-15(2,3)7-9-20-21(17,18)19-8-6-14-11(16)10-12-4-5-13-10;/h4-5H,6-9H2,1-3H3,(H2-,12,13,14,16,17,18);1H2. The van der Waals surface area contributed by atoms with Crippen molar-refractivity contribution < 1.29 is 33.3 Å². The first kappa shape index (κ1) is 20.7. The summed E-state index contributed by atoms with van der Waals surface area (Å²) in [5, 5.41) is 2.49. The van der Waals surface area contributed by atoms with E-state index in [0.717, 1.165) is 0 Å². The molecule has 1 heterocycles. The Hall–Kier alpha value is -1.29. The highest BCUT2D eigenvalue weighted by molar-refractivity contribution is 7.47. The van der Waals surface area contributed by atoms with Gasteiger partial charge in [0.25, 0.3) is 5.91 Å². The van der Waals surface area contributed by atoms with Crippen LogP contribution in [0.4, 0.5) is 0 Å². The van der Waals surface area contributed by atoms with Gasteiger partial charge in [-0.3, -0.25) is 13.8 Å². The Morgan fingerprint density at radius 2 is 2.05 bits per heavy atom. The number of amides is 1. The Labute approximate surface area is 129 Å². The van der Waals surface area contributed by atoms with Gasteiger partial charge in [-0.05, 0) is 0 Å². The van der Waals surface area contributed by atoms with Crippen molar-refractivity contribution in [2.45, 2.75) is 0 Å². The van der Waals surface area contributed by atoms with Gasteiger partial charge in [-0.1, -0.05) is 0 Å². The zero-order valence-electron chi connectivity index (χ0n) is 12.9. The van der Waals surface area contributed by atoms with Crippen LogP contribution >= 0.6 is 7.82 Å². The van der Waals surface area contributed by atoms with Gasteiger partial charge >= 0.3 is 7.82 Å². The van der Waals surface area contributed by atoms with Crippen LogP contribution in [0, 0.1) is 0 Å². The number of carbonyl (C=O) groups excluding carboxylic acids is 1. The van der Waals surface area contributed by atoms with Crippen molar-refractivity contribution in [2.75, 3.05) is 47.4 Å². The van der Waals surface area contributed by atoms with Crippen LogP contribution in [0.1, 0.15) is 10.6 Å². The molecule has 0 aliphatic heterocycles. The van der Waals surface area contributed by atoms with Crippen LogP contribution in [0.5, 0.6) is 0 Å². The predicted molar refractivity (Wildman–Crippen MR) is 77.5 cm³/mol. The molecule has 1 aromatic heterocycles. The molecule has 0 saturated heterocycles. The summed E-state index contributed by atoms with van der Waals surface area (Å²) in [5.41, 5.74) is 0. The summed E-state index contributed by atoms with van der Waals surface area (Å²) in [7, 11) is 1.74. The summed E-state index contributed by atoms with van der Waals surface area (Å²) >= 11 is 0. The molecular weight excluding hydrogens is 315 g/mol. The quantitative estimate of drug-likeness (QED) is 0.321. The van der Waals surface area contributed by atoms with E-state index in [9.17, 15) is 14.3 Å². The number of phosphoric acid groups is 1. The lowest BCUT2D eigenvalue weighted by molar-refractivity contribution is -0.870. The molecule has 4 N–H and O–H groups in total. The molecular formula is C11H23N4O6P. The van der Waals surface area contributed by atoms with Crippen molar-refractivity contribution in [3.8, 4) is 0 Å². The van der Waals surface area contributed by atoms with Crippen molar-refractivity contribution in [1.82, 2.24) is 15.3 Å². The minimum Gasteiger partial charge on any atom is -0.870 e. The number of quaternary nitrogens is 1. The summed E-state index contributed by atoms with van der Waals surface area (Å²) in [6.45, 7) is 0.618. The Balaban J connectivity index is 0.00000441. The number of nitrogens with zero attached hydrogens (tertiary/aromatic N) is 2. The molecule has 0 radical (unpaired) electrons. The molecule has 1 atom stereocenters. The molecule has 22 heavy (non-hydrogen) atoms. The second kappa shape index (κ2) is 8.99. The van der Waals surface area contributed by atoms with Gasteiger partial charge in [0.1, 0.15) is 13.2 Å². The highest BCUT2D eigenvalue weighted by Crippen LogP contribution is 2.42. The van der Waals surface area contributed by atoms with Gasteiger partial charge in [-0.15, -0.1) is 0 Å². The number of phosphoric ester groups is 1. The van der Waals surface area contributed by atoms with Gasteiger partial charge in [0.05, 0.1) is 27.7 Å². The van der Waals surface area contributed by atoms with E-state index in [4.69, 9.17) is 9.05 Å². The molecule has 0 saturated carbocycles. The molecule has 10 nitrogen and oxygen atoms in total. The van der Waals surface area contributed by atoms with E-state index in [1.54, 1.807) is 0 Å². The average Bonchev–Trinajstić information content (AvgIpc) is 2.86. The van der Waals surface area contributed by atoms with Crippen molar-refractivity contribution in [1.29, 1.82) is 0 Å². The number of hydrogen-bond donors (Lipinski definition) is 3. The number of likely N-dealkylation sites (N-methyl/N-ethyl adjacent to an activating group) is 1. The summed E-state index contributed by atoms with van der Waals surface area (Å²) in [4.78, 5) is 27.3. The van der Waals surface area contributed by atoms with Gasteiger partial charge in [-0.25, -0.2) is 9.55 Å². The number of imidazole rings is 1. The molecule has 128 valence electrons. The molecule has 1 rings (SSSR count). The fraction of sp³-hybridized carbons (Fsp3) is 0.636. The van der Waals surface area contributed by atoms with Gasteiger partial charge in [0, 0.05) is 18.9 Å². The number of carbonyl (C=O) groups is 1. The lowest BCUT2D eigenvalue weighted by Crippen LogP contribution is -2.37. The van der Waals surface area contributed by atoms with E-state index in [2.05, 4.69) is 15.3 Å². The van der Waals surface area contributed by atoms with Crippen LogP contribution in [0.3, 0.4) is 0 Å². The van der Waals surface area contributed by atoms with Crippen molar-refractivity contribution in [2.24, 2.45) is 0 Å². The third-order valence-corrected chi connectivity index (χ3v) is 3.39. The number of aromatic amines is 1. The zero-order chi connectivity index (χ0) is 15.9. The molecule has 0 aliphatic rings. The molecule has 11 heteroatoms. The first-order chi connectivity index (χ1) is 9.70. The van der Waals surface area contributed by atoms with Crippen LogP contribution in [-0.4, -0.2) is 78.2 Å². The van der Waals surface area contributed by atoms with Crippen LogP contribution in [0.2, 0.25) is 0 Å². The van der Waals surface area contributed by atoms with Crippen LogP contribution in [0.15, 0.2) is 12.4 Å². The van der Waals surface area contributed by atoms with E-state index in [0.29, 0.717) is 11.0 Å². The van der Waals surface area contributed by atoms with Crippen molar-refractivity contribution in [3.05, 3.63) is 18.2 Å². The van der Waals surface area contributed by atoms with E-state index in [-0.39, 0.29) is 31.1 Å². The molecule has 0 bridgehead atoms. The molecule has 1 unspecified atom stereocenters. The van der Waals surface area contributed by atoms with Crippen LogP contribution < -0.4 is 5.32 Å². The zero-order valence-corrected chi connectivity index (χ0v) is 13.7.